The van der Waals surface area contributed by atoms with Gasteiger partial charge >= 0.3 is 0 Å². The van der Waals surface area contributed by atoms with E-state index in [1.165, 1.54) is 6.26 Å². The first-order valence-electron chi connectivity index (χ1n) is 8.10. The summed E-state index contributed by atoms with van der Waals surface area (Å²) >= 11 is 0. The molecule has 0 bridgehead atoms. The first kappa shape index (κ1) is 15.6. The van der Waals surface area contributed by atoms with Crippen molar-refractivity contribution in [3.8, 4) is 0 Å². The largest absolute Gasteiger partial charge is 0.459 e. The molecule has 0 aromatic carbocycles. The maximum absolute atomic E-state index is 12.4. The molecule has 0 spiro atoms. The Balaban J connectivity index is 1.50. The number of amides is 1. The van der Waals surface area contributed by atoms with Crippen LogP contribution in [-0.4, -0.2) is 54.7 Å². The number of likely N-dealkylation sites (tertiary alicyclic amines) is 1. The van der Waals surface area contributed by atoms with Crippen molar-refractivity contribution < 1.29 is 9.21 Å². The Bertz CT molecular complexity index is 825. The van der Waals surface area contributed by atoms with Crippen LogP contribution in [0.2, 0.25) is 0 Å². The van der Waals surface area contributed by atoms with Crippen LogP contribution in [0.3, 0.4) is 0 Å². The second-order valence-electron chi connectivity index (χ2n) is 6.15. The molecule has 2 atom stereocenters. The summed E-state index contributed by atoms with van der Waals surface area (Å²) in [5.74, 6) is 0.0879. The van der Waals surface area contributed by atoms with Crippen LogP contribution in [0.15, 0.2) is 47.5 Å². The van der Waals surface area contributed by atoms with Crippen LogP contribution in [0, 0.1) is 0 Å². The zero-order chi connectivity index (χ0) is 17.2. The average molecular weight is 341 g/mol. The number of aryl methyl sites for hydroxylation is 1. The SMILES string of the molecule is Cn1nccc1CN1C[C@@H](NC(=O)c2ccco2)[C@@H](n2ccnn2)C1. The average Bonchev–Trinajstić information content (AvgIpc) is 3.35. The van der Waals surface area contributed by atoms with Gasteiger partial charge in [-0.05, 0) is 18.2 Å². The molecule has 130 valence electrons. The maximum Gasteiger partial charge on any atom is 0.287 e. The highest BCUT2D eigenvalue weighted by molar-refractivity contribution is 5.91. The fraction of sp³-hybridized carbons (Fsp3) is 0.375. The van der Waals surface area contributed by atoms with E-state index in [0.717, 1.165) is 18.8 Å². The second kappa shape index (κ2) is 6.52. The van der Waals surface area contributed by atoms with Crippen molar-refractivity contribution in [2.24, 2.45) is 7.05 Å². The molecule has 0 radical (unpaired) electrons. The number of hydrogen-bond acceptors (Lipinski definition) is 6. The predicted molar refractivity (Wildman–Crippen MR) is 87.5 cm³/mol. The van der Waals surface area contributed by atoms with Gasteiger partial charge in [0.1, 0.15) is 0 Å². The van der Waals surface area contributed by atoms with Crippen molar-refractivity contribution in [3.05, 3.63) is 54.5 Å². The minimum Gasteiger partial charge on any atom is -0.459 e. The minimum absolute atomic E-state index is 0.00893. The highest BCUT2D eigenvalue weighted by Gasteiger charge is 2.36. The van der Waals surface area contributed by atoms with Crippen molar-refractivity contribution in [3.63, 3.8) is 0 Å². The van der Waals surface area contributed by atoms with E-state index in [1.807, 2.05) is 24.0 Å². The van der Waals surface area contributed by atoms with E-state index < -0.39 is 0 Å². The summed E-state index contributed by atoms with van der Waals surface area (Å²) < 4.78 is 8.85. The zero-order valence-corrected chi connectivity index (χ0v) is 13.8. The van der Waals surface area contributed by atoms with Gasteiger partial charge in [0.05, 0.1) is 30.2 Å². The van der Waals surface area contributed by atoms with Gasteiger partial charge in [0.25, 0.3) is 5.91 Å². The molecule has 4 rings (SSSR count). The van der Waals surface area contributed by atoms with E-state index in [1.54, 1.807) is 29.2 Å². The molecule has 3 aromatic rings. The van der Waals surface area contributed by atoms with Gasteiger partial charge in [-0.15, -0.1) is 5.10 Å². The molecule has 0 saturated carbocycles. The summed E-state index contributed by atoms with van der Waals surface area (Å²) in [5, 5.41) is 15.3. The maximum atomic E-state index is 12.4. The van der Waals surface area contributed by atoms with Crippen molar-refractivity contribution >= 4 is 5.91 Å². The molecule has 1 aliphatic heterocycles. The van der Waals surface area contributed by atoms with Crippen LogP contribution in [0.5, 0.6) is 0 Å². The number of carbonyl (C=O) groups is 1. The molecule has 1 N–H and O–H groups in total. The molecule has 1 aliphatic rings. The Labute approximate surface area is 144 Å². The molecular weight excluding hydrogens is 322 g/mol. The van der Waals surface area contributed by atoms with E-state index >= 15 is 0 Å². The molecule has 0 unspecified atom stereocenters. The molecule has 9 nitrogen and oxygen atoms in total. The Morgan fingerprint density at radius 2 is 2.28 bits per heavy atom. The number of aromatic nitrogens is 5. The third kappa shape index (κ3) is 3.18. The summed E-state index contributed by atoms with van der Waals surface area (Å²) in [5.41, 5.74) is 1.12. The van der Waals surface area contributed by atoms with E-state index in [9.17, 15) is 4.79 Å². The van der Waals surface area contributed by atoms with Crippen LogP contribution >= 0.6 is 0 Å². The van der Waals surface area contributed by atoms with Gasteiger partial charge in [-0.2, -0.15) is 5.10 Å². The lowest BCUT2D eigenvalue weighted by atomic mass is 10.1. The summed E-state index contributed by atoms with van der Waals surface area (Å²) in [7, 11) is 1.93. The normalized spacial score (nSPS) is 20.8. The van der Waals surface area contributed by atoms with Gasteiger partial charge in [-0.1, -0.05) is 5.21 Å². The Morgan fingerprint density at radius 3 is 2.96 bits per heavy atom. The van der Waals surface area contributed by atoms with E-state index in [2.05, 4.69) is 25.6 Å². The zero-order valence-electron chi connectivity index (χ0n) is 13.8. The number of carbonyl (C=O) groups excluding carboxylic acids is 1. The smallest absolute Gasteiger partial charge is 0.287 e. The van der Waals surface area contributed by atoms with Gasteiger partial charge in [0.2, 0.25) is 0 Å². The van der Waals surface area contributed by atoms with Gasteiger partial charge in [0, 0.05) is 39.1 Å². The summed E-state index contributed by atoms with van der Waals surface area (Å²) in [6, 6.07) is 5.27. The molecule has 0 aliphatic carbocycles. The number of nitrogens with one attached hydrogen (secondary N) is 1. The minimum atomic E-state index is -0.220. The Hall–Kier alpha value is -2.94. The highest BCUT2D eigenvalue weighted by atomic mass is 16.3. The monoisotopic (exact) mass is 341 g/mol. The van der Waals surface area contributed by atoms with Crippen molar-refractivity contribution in [1.29, 1.82) is 0 Å². The van der Waals surface area contributed by atoms with E-state index in [4.69, 9.17) is 4.42 Å². The molecule has 1 saturated heterocycles. The lowest BCUT2D eigenvalue weighted by molar-refractivity contribution is 0.0901. The summed E-state index contributed by atoms with van der Waals surface area (Å²) in [4.78, 5) is 14.6. The molecule has 25 heavy (non-hydrogen) atoms. The first-order valence-corrected chi connectivity index (χ1v) is 8.10. The van der Waals surface area contributed by atoms with Gasteiger partial charge in [0.15, 0.2) is 5.76 Å². The second-order valence-corrected chi connectivity index (χ2v) is 6.15. The van der Waals surface area contributed by atoms with Gasteiger partial charge in [-0.3, -0.25) is 14.4 Å². The van der Waals surface area contributed by atoms with Crippen molar-refractivity contribution in [2.45, 2.75) is 18.6 Å². The molecule has 3 aromatic heterocycles. The molecule has 1 fully saturated rings. The van der Waals surface area contributed by atoms with Crippen LogP contribution in [0.1, 0.15) is 22.3 Å². The van der Waals surface area contributed by atoms with E-state index in [0.29, 0.717) is 12.3 Å². The number of hydrogen-bond donors (Lipinski definition) is 1. The molecule has 9 heteroatoms. The molecular formula is C16H19N7O2. The lowest BCUT2D eigenvalue weighted by Crippen LogP contribution is -2.41. The van der Waals surface area contributed by atoms with Crippen molar-refractivity contribution in [2.75, 3.05) is 13.1 Å². The Morgan fingerprint density at radius 1 is 1.36 bits per heavy atom. The quantitative estimate of drug-likeness (QED) is 0.725. The fourth-order valence-corrected chi connectivity index (χ4v) is 3.23. The standard InChI is InChI=1S/C16H19N7O2/c1-21-12(4-5-18-21)9-22-10-13(14(11-22)23-7-6-17-20-23)19-16(24)15-3-2-8-25-15/h2-8,13-14H,9-11H2,1H3,(H,19,24)/t13-,14+/m1/s1. The molecule has 4 heterocycles. The summed E-state index contributed by atoms with van der Waals surface area (Å²) in [6.45, 7) is 2.23. The highest BCUT2D eigenvalue weighted by Crippen LogP contribution is 2.23. The van der Waals surface area contributed by atoms with Crippen LogP contribution < -0.4 is 5.32 Å². The topological polar surface area (TPSA) is 94.0 Å². The summed E-state index contributed by atoms with van der Waals surface area (Å²) in [6.07, 6.45) is 6.75. The predicted octanol–water partition coefficient (Wildman–Crippen LogP) is 0.460. The fourth-order valence-electron chi connectivity index (χ4n) is 3.23. The lowest BCUT2D eigenvalue weighted by Gasteiger charge is -2.19. The number of nitrogens with zero attached hydrogens (tertiary/aromatic N) is 6. The first-order chi connectivity index (χ1) is 12.2. The third-order valence-corrected chi connectivity index (χ3v) is 4.51. The molecule has 1 amide bonds. The van der Waals surface area contributed by atoms with Crippen molar-refractivity contribution in [1.82, 2.24) is 35.0 Å². The number of furan rings is 1. The van der Waals surface area contributed by atoms with Crippen LogP contribution in [-0.2, 0) is 13.6 Å². The Kier molecular flexibility index (Phi) is 4.06. The van der Waals surface area contributed by atoms with Crippen LogP contribution in [0.25, 0.3) is 0 Å². The third-order valence-electron chi connectivity index (χ3n) is 4.51. The van der Waals surface area contributed by atoms with Gasteiger partial charge < -0.3 is 9.73 Å². The number of rotatable bonds is 5. The van der Waals surface area contributed by atoms with Gasteiger partial charge in [-0.25, -0.2) is 4.68 Å². The van der Waals surface area contributed by atoms with Crippen LogP contribution in [0.4, 0.5) is 0 Å². The van der Waals surface area contributed by atoms with E-state index in [-0.39, 0.29) is 18.0 Å².